The van der Waals surface area contributed by atoms with Crippen LogP contribution in [0.1, 0.15) is 53.4 Å². The van der Waals surface area contributed by atoms with Gasteiger partial charge in [-0.1, -0.05) is 26.0 Å². The molecule has 0 spiro atoms. The predicted molar refractivity (Wildman–Crippen MR) is 106 cm³/mol. The number of esters is 3. The van der Waals surface area contributed by atoms with Crippen LogP contribution in [0.2, 0.25) is 0 Å². The Labute approximate surface area is 171 Å². The molecule has 0 heterocycles. The first-order valence-corrected chi connectivity index (χ1v) is 9.37. The molecule has 0 amide bonds. The summed E-state index contributed by atoms with van der Waals surface area (Å²) in [5.74, 6) is -2.34. The van der Waals surface area contributed by atoms with Gasteiger partial charge in [0.2, 0.25) is 0 Å². The van der Waals surface area contributed by atoms with Crippen molar-refractivity contribution < 1.29 is 38.8 Å². The maximum atomic E-state index is 12.3. The molecule has 8 heteroatoms. The van der Waals surface area contributed by atoms with Gasteiger partial charge in [-0.05, 0) is 46.1 Å². The molecule has 1 unspecified atom stereocenters. The molecule has 0 aromatic heterocycles. The molecule has 0 bridgehead atoms. The van der Waals surface area contributed by atoms with Gasteiger partial charge in [-0.3, -0.25) is 0 Å². The lowest BCUT2D eigenvalue weighted by molar-refractivity contribution is -0.194. The van der Waals surface area contributed by atoms with Gasteiger partial charge in [0.15, 0.2) is 6.61 Å². The maximum Gasteiger partial charge on any atom is 0.336 e. The number of hydrogen-bond donors (Lipinski definition) is 2. The topological polar surface area (TPSA) is 119 Å². The fourth-order valence-corrected chi connectivity index (χ4v) is 2.04. The Balaban J connectivity index is 4.95. The molecule has 0 fully saturated rings. The summed E-state index contributed by atoms with van der Waals surface area (Å²) in [4.78, 5) is 35.7. The summed E-state index contributed by atoms with van der Waals surface area (Å²) >= 11 is 0. The van der Waals surface area contributed by atoms with Gasteiger partial charge < -0.3 is 24.4 Å². The smallest absolute Gasteiger partial charge is 0.336 e. The third-order valence-corrected chi connectivity index (χ3v) is 4.06. The van der Waals surface area contributed by atoms with E-state index in [1.807, 2.05) is 0 Å². The van der Waals surface area contributed by atoms with Crippen molar-refractivity contribution >= 4 is 17.9 Å². The first kappa shape index (κ1) is 26.6. The van der Waals surface area contributed by atoms with E-state index in [0.29, 0.717) is 24.8 Å². The highest BCUT2D eigenvalue weighted by Crippen LogP contribution is 2.16. The van der Waals surface area contributed by atoms with Gasteiger partial charge in [-0.2, -0.15) is 0 Å². The Morgan fingerprint density at radius 3 is 1.83 bits per heavy atom. The third-order valence-electron chi connectivity index (χ3n) is 4.06. The number of unbranched alkanes of at least 4 members (excludes halogenated alkanes) is 2. The average Bonchev–Trinajstić information content (AvgIpc) is 2.67. The van der Waals surface area contributed by atoms with Crippen LogP contribution in [0.3, 0.4) is 0 Å². The van der Waals surface area contributed by atoms with Crippen LogP contribution in [0.15, 0.2) is 35.5 Å². The summed E-state index contributed by atoms with van der Waals surface area (Å²) in [7, 11) is 0. The van der Waals surface area contributed by atoms with Gasteiger partial charge in [0.05, 0.1) is 6.10 Å². The van der Waals surface area contributed by atoms with Crippen LogP contribution in [0.5, 0.6) is 0 Å². The van der Waals surface area contributed by atoms with E-state index >= 15 is 0 Å². The fraction of sp³-hybridized carbons (Fsp3) is 0.571. The van der Waals surface area contributed by atoms with E-state index in [1.54, 1.807) is 6.92 Å². The summed E-state index contributed by atoms with van der Waals surface area (Å²) in [5.41, 5.74) is 0.831. The zero-order valence-corrected chi connectivity index (χ0v) is 17.7. The van der Waals surface area contributed by atoms with E-state index in [-0.39, 0.29) is 23.3 Å². The number of carbonyl (C=O) groups excluding carboxylic acids is 3. The van der Waals surface area contributed by atoms with Crippen molar-refractivity contribution in [2.24, 2.45) is 0 Å². The summed E-state index contributed by atoms with van der Waals surface area (Å²) in [6.45, 7) is 12.4. The highest BCUT2D eigenvalue weighted by molar-refractivity contribution is 5.89. The van der Waals surface area contributed by atoms with E-state index in [2.05, 4.69) is 13.2 Å². The van der Waals surface area contributed by atoms with Gasteiger partial charge in [0.25, 0.3) is 6.29 Å². The molecule has 0 aliphatic rings. The van der Waals surface area contributed by atoms with Crippen molar-refractivity contribution in [2.75, 3.05) is 13.2 Å². The van der Waals surface area contributed by atoms with E-state index < -0.39 is 36.9 Å². The van der Waals surface area contributed by atoms with Gasteiger partial charge >= 0.3 is 17.9 Å². The Morgan fingerprint density at radius 2 is 1.38 bits per heavy atom. The van der Waals surface area contributed by atoms with Crippen LogP contribution in [0, 0.1) is 0 Å². The van der Waals surface area contributed by atoms with E-state index in [0.717, 1.165) is 6.42 Å². The molecule has 2 N–H and O–H groups in total. The van der Waals surface area contributed by atoms with Gasteiger partial charge in [0.1, 0.15) is 0 Å². The van der Waals surface area contributed by atoms with Crippen LogP contribution in [0.4, 0.5) is 0 Å². The molecule has 0 saturated heterocycles. The van der Waals surface area contributed by atoms with E-state index in [9.17, 15) is 19.5 Å². The zero-order chi connectivity index (χ0) is 22.6. The Kier molecular flexibility index (Phi) is 12.5. The monoisotopic (exact) mass is 412 g/mol. The van der Waals surface area contributed by atoms with Crippen LogP contribution < -0.4 is 0 Å². The zero-order valence-electron chi connectivity index (χ0n) is 17.7. The second kappa shape index (κ2) is 13.7. The van der Waals surface area contributed by atoms with Crippen molar-refractivity contribution in [1.29, 1.82) is 0 Å². The molecular formula is C21H32O8. The number of ether oxygens (including phenoxy) is 3. The first-order chi connectivity index (χ1) is 13.5. The number of aliphatic hydroxyl groups is 2. The second-order valence-corrected chi connectivity index (χ2v) is 6.80. The van der Waals surface area contributed by atoms with Gasteiger partial charge in [0, 0.05) is 23.3 Å². The maximum absolute atomic E-state index is 12.3. The van der Waals surface area contributed by atoms with Crippen molar-refractivity contribution in [3.8, 4) is 0 Å². The summed E-state index contributed by atoms with van der Waals surface area (Å²) in [5, 5.41) is 19.0. The molecule has 1 atom stereocenters. The summed E-state index contributed by atoms with van der Waals surface area (Å²) in [6, 6.07) is 0. The van der Waals surface area contributed by atoms with Crippen LogP contribution in [0.25, 0.3) is 0 Å². The SMILES string of the molecule is C=C(C)C(=O)OC(COC(=O)C(C)=C(C)C(O)CCCCCO)OC(=O)C(=C)C. The molecule has 0 aliphatic carbocycles. The standard InChI is InChI=1S/C21H32O8/c1-13(2)19(24)28-18(29-20(25)14(3)4)12-27-21(26)16(6)15(5)17(23)10-8-7-9-11-22/h17-18,22-23H,1,3,7-12H2,2,4-6H3. The Hall–Kier alpha value is -2.45. The normalized spacial score (nSPS) is 12.7. The lowest BCUT2D eigenvalue weighted by Gasteiger charge is -2.19. The lowest BCUT2D eigenvalue weighted by Crippen LogP contribution is -2.31. The highest BCUT2D eigenvalue weighted by atomic mass is 16.7. The summed E-state index contributed by atoms with van der Waals surface area (Å²) in [6.07, 6.45) is 0.309. The highest BCUT2D eigenvalue weighted by Gasteiger charge is 2.23. The number of rotatable bonds is 13. The molecular weight excluding hydrogens is 380 g/mol. The lowest BCUT2D eigenvalue weighted by atomic mass is 10.0. The first-order valence-electron chi connectivity index (χ1n) is 9.37. The van der Waals surface area contributed by atoms with Crippen LogP contribution in [-0.2, 0) is 28.6 Å². The van der Waals surface area contributed by atoms with Crippen LogP contribution in [-0.4, -0.2) is 53.7 Å². The number of hydrogen-bond acceptors (Lipinski definition) is 8. The molecule has 0 rings (SSSR count). The van der Waals surface area contributed by atoms with E-state index in [1.165, 1.54) is 20.8 Å². The molecule has 0 saturated carbocycles. The Morgan fingerprint density at radius 1 is 0.862 bits per heavy atom. The average molecular weight is 412 g/mol. The molecule has 0 aromatic rings. The van der Waals surface area contributed by atoms with Gasteiger partial charge in [-0.15, -0.1) is 0 Å². The van der Waals surface area contributed by atoms with Crippen molar-refractivity contribution in [2.45, 2.75) is 65.8 Å². The number of aliphatic hydroxyl groups excluding tert-OH is 2. The van der Waals surface area contributed by atoms with Crippen LogP contribution >= 0.6 is 0 Å². The van der Waals surface area contributed by atoms with Crippen molar-refractivity contribution in [3.63, 3.8) is 0 Å². The van der Waals surface area contributed by atoms with Crippen molar-refractivity contribution in [1.82, 2.24) is 0 Å². The minimum absolute atomic E-state index is 0.0870. The molecule has 0 radical (unpaired) electrons. The second-order valence-electron chi connectivity index (χ2n) is 6.80. The minimum Gasteiger partial charge on any atom is -0.454 e. The molecule has 0 aliphatic heterocycles. The quantitative estimate of drug-likeness (QED) is 0.205. The molecule has 8 nitrogen and oxygen atoms in total. The van der Waals surface area contributed by atoms with E-state index in [4.69, 9.17) is 19.3 Å². The Bertz CT molecular complexity index is 619. The third kappa shape index (κ3) is 10.6. The van der Waals surface area contributed by atoms with Crippen molar-refractivity contribution in [3.05, 3.63) is 35.5 Å². The largest absolute Gasteiger partial charge is 0.454 e. The van der Waals surface area contributed by atoms with Gasteiger partial charge in [-0.25, -0.2) is 14.4 Å². The summed E-state index contributed by atoms with van der Waals surface area (Å²) < 4.78 is 15.0. The molecule has 164 valence electrons. The molecule has 0 aromatic carbocycles. The predicted octanol–water partition coefficient (Wildman–Crippen LogP) is 2.34. The fourth-order valence-electron chi connectivity index (χ4n) is 2.04. The number of carbonyl (C=O) groups is 3. The minimum atomic E-state index is -1.45. The molecule has 29 heavy (non-hydrogen) atoms.